The van der Waals surface area contributed by atoms with Gasteiger partial charge < -0.3 is 10.6 Å². The Bertz CT molecular complexity index is 773. The number of para-hydroxylation sites is 2. The summed E-state index contributed by atoms with van der Waals surface area (Å²) in [5.74, 6) is -0.118. The zero-order chi connectivity index (χ0) is 15.9. The van der Waals surface area contributed by atoms with Crippen molar-refractivity contribution < 1.29 is 4.79 Å². The van der Waals surface area contributed by atoms with Crippen molar-refractivity contribution in [1.29, 1.82) is 0 Å². The second kappa shape index (κ2) is 7.22. The predicted molar refractivity (Wildman–Crippen MR) is 91.6 cm³/mol. The lowest BCUT2D eigenvalue weighted by atomic mass is 10.1. The number of benzene rings is 2. The van der Waals surface area contributed by atoms with Gasteiger partial charge in [0, 0.05) is 24.6 Å². The molecule has 1 aromatic heterocycles. The van der Waals surface area contributed by atoms with Gasteiger partial charge in [-0.2, -0.15) is 0 Å². The van der Waals surface area contributed by atoms with Gasteiger partial charge >= 0.3 is 0 Å². The van der Waals surface area contributed by atoms with E-state index in [1.165, 1.54) is 0 Å². The van der Waals surface area contributed by atoms with Crippen molar-refractivity contribution >= 4 is 17.3 Å². The molecule has 0 saturated carbocycles. The summed E-state index contributed by atoms with van der Waals surface area (Å²) in [6.07, 6.45) is 3.46. The van der Waals surface area contributed by atoms with Crippen LogP contribution in [0.25, 0.3) is 0 Å². The maximum atomic E-state index is 12.5. The number of nitrogens with one attached hydrogen (secondary N) is 2. The van der Waals surface area contributed by atoms with Crippen molar-refractivity contribution in [2.75, 3.05) is 5.32 Å². The Balaban J connectivity index is 1.73. The Labute approximate surface area is 135 Å². The number of carbonyl (C=O) groups is 1. The maximum Gasteiger partial charge on any atom is 0.253 e. The molecule has 0 aliphatic heterocycles. The lowest BCUT2D eigenvalue weighted by Crippen LogP contribution is -2.23. The average molecular weight is 303 g/mol. The molecule has 1 amide bonds. The van der Waals surface area contributed by atoms with Crippen molar-refractivity contribution in [3.63, 3.8) is 0 Å². The van der Waals surface area contributed by atoms with Gasteiger partial charge in [-0.05, 0) is 35.9 Å². The predicted octanol–water partition coefficient (Wildman–Crippen LogP) is 3.76. The molecule has 0 radical (unpaired) electrons. The Hall–Kier alpha value is -3.14. The first kappa shape index (κ1) is 14.8. The van der Waals surface area contributed by atoms with E-state index in [4.69, 9.17) is 0 Å². The fourth-order valence-corrected chi connectivity index (χ4v) is 2.25. The number of hydrogen-bond acceptors (Lipinski definition) is 3. The van der Waals surface area contributed by atoms with Gasteiger partial charge in [0.25, 0.3) is 5.91 Å². The zero-order valence-electron chi connectivity index (χ0n) is 12.6. The third-order valence-corrected chi connectivity index (χ3v) is 3.40. The standard InChI is InChI=1S/C19H17N3O/c23-19(21-14-15-7-6-12-20-13-15)17-10-4-5-11-18(17)22-16-8-2-1-3-9-16/h1-13,22H,14H2,(H,21,23). The summed E-state index contributed by atoms with van der Waals surface area (Å²) >= 11 is 0. The summed E-state index contributed by atoms with van der Waals surface area (Å²) in [4.78, 5) is 16.5. The molecule has 0 aliphatic carbocycles. The highest BCUT2D eigenvalue weighted by atomic mass is 16.1. The van der Waals surface area contributed by atoms with E-state index in [9.17, 15) is 4.79 Å². The van der Waals surface area contributed by atoms with Crippen LogP contribution < -0.4 is 10.6 Å². The van der Waals surface area contributed by atoms with Gasteiger partial charge in [-0.25, -0.2) is 0 Å². The molecule has 0 atom stereocenters. The van der Waals surface area contributed by atoms with Gasteiger partial charge in [-0.1, -0.05) is 36.4 Å². The topological polar surface area (TPSA) is 54.0 Å². The smallest absolute Gasteiger partial charge is 0.253 e. The third kappa shape index (κ3) is 3.95. The zero-order valence-corrected chi connectivity index (χ0v) is 12.6. The van der Waals surface area contributed by atoms with Crippen LogP contribution in [0, 0.1) is 0 Å². The van der Waals surface area contributed by atoms with Crippen LogP contribution in [0.3, 0.4) is 0 Å². The molecule has 0 spiro atoms. The van der Waals surface area contributed by atoms with Crippen molar-refractivity contribution in [2.45, 2.75) is 6.54 Å². The largest absolute Gasteiger partial charge is 0.355 e. The van der Waals surface area contributed by atoms with Gasteiger partial charge in [-0.3, -0.25) is 9.78 Å². The Morgan fingerprint density at radius 3 is 2.48 bits per heavy atom. The SMILES string of the molecule is O=C(NCc1cccnc1)c1ccccc1Nc1ccccc1. The van der Waals surface area contributed by atoms with E-state index >= 15 is 0 Å². The highest BCUT2D eigenvalue weighted by Crippen LogP contribution is 2.20. The Kier molecular flexibility index (Phi) is 4.64. The van der Waals surface area contributed by atoms with Crippen molar-refractivity contribution in [3.05, 3.63) is 90.3 Å². The second-order valence-corrected chi connectivity index (χ2v) is 5.08. The number of rotatable bonds is 5. The van der Waals surface area contributed by atoms with Crippen LogP contribution in [0.5, 0.6) is 0 Å². The number of hydrogen-bond donors (Lipinski definition) is 2. The minimum Gasteiger partial charge on any atom is -0.355 e. The molecule has 0 bridgehead atoms. The summed E-state index contributed by atoms with van der Waals surface area (Å²) in [5, 5.41) is 6.20. The minimum atomic E-state index is -0.118. The molecule has 3 aromatic rings. The molecular formula is C19H17N3O. The molecule has 0 aliphatic rings. The number of anilines is 2. The highest BCUT2D eigenvalue weighted by molar-refractivity contribution is 6.00. The summed E-state index contributed by atoms with van der Waals surface area (Å²) in [5.41, 5.74) is 3.30. The van der Waals surface area contributed by atoms with Gasteiger partial charge in [-0.15, -0.1) is 0 Å². The lowest BCUT2D eigenvalue weighted by Gasteiger charge is -2.12. The summed E-state index contributed by atoms with van der Waals surface area (Å²) in [6, 6.07) is 21.0. The van der Waals surface area contributed by atoms with Gasteiger partial charge in [0.15, 0.2) is 0 Å². The first-order valence-electron chi connectivity index (χ1n) is 7.41. The monoisotopic (exact) mass is 303 g/mol. The molecule has 3 rings (SSSR count). The van der Waals surface area contributed by atoms with Crippen LogP contribution in [0.4, 0.5) is 11.4 Å². The normalized spacial score (nSPS) is 10.1. The molecule has 2 N–H and O–H groups in total. The van der Waals surface area contributed by atoms with Gasteiger partial charge in [0.1, 0.15) is 0 Å². The highest BCUT2D eigenvalue weighted by Gasteiger charge is 2.10. The lowest BCUT2D eigenvalue weighted by molar-refractivity contribution is 0.0951. The number of carbonyl (C=O) groups excluding carboxylic acids is 1. The molecule has 0 saturated heterocycles. The summed E-state index contributed by atoms with van der Waals surface area (Å²) < 4.78 is 0. The first-order chi connectivity index (χ1) is 11.3. The van der Waals surface area contributed by atoms with E-state index in [2.05, 4.69) is 15.6 Å². The fraction of sp³-hybridized carbons (Fsp3) is 0.0526. The maximum absolute atomic E-state index is 12.5. The van der Waals surface area contributed by atoms with Crippen molar-refractivity contribution in [2.24, 2.45) is 0 Å². The molecular weight excluding hydrogens is 286 g/mol. The molecule has 23 heavy (non-hydrogen) atoms. The fourth-order valence-electron chi connectivity index (χ4n) is 2.25. The number of nitrogens with zero attached hydrogens (tertiary/aromatic N) is 1. The average Bonchev–Trinajstić information content (AvgIpc) is 2.62. The molecule has 4 heteroatoms. The second-order valence-electron chi connectivity index (χ2n) is 5.08. The van der Waals surface area contributed by atoms with Gasteiger partial charge in [0.2, 0.25) is 0 Å². The van der Waals surface area contributed by atoms with Crippen LogP contribution in [0.1, 0.15) is 15.9 Å². The summed E-state index contributed by atoms with van der Waals surface area (Å²) in [7, 11) is 0. The molecule has 0 fully saturated rings. The van der Waals surface area contributed by atoms with Crippen molar-refractivity contribution in [1.82, 2.24) is 10.3 Å². The minimum absolute atomic E-state index is 0.118. The van der Waals surface area contributed by atoms with E-state index in [1.807, 2.05) is 66.7 Å². The number of amides is 1. The van der Waals surface area contributed by atoms with E-state index < -0.39 is 0 Å². The Morgan fingerprint density at radius 1 is 0.913 bits per heavy atom. The van der Waals surface area contributed by atoms with Gasteiger partial charge in [0.05, 0.1) is 11.3 Å². The van der Waals surface area contributed by atoms with E-state index in [0.717, 1.165) is 16.9 Å². The third-order valence-electron chi connectivity index (χ3n) is 3.40. The van der Waals surface area contributed by atoms with Crippen LogP contribution >= 0.6 is 0 Å². The molecule has 0 unspecified atom stereocenters. The number of aromatic nitrogens is 1. The molecule has 114 valence electrons. The van der Waals surface area contributed by atoms with Crippen LogP contribution in [-0.4, -0.2) is 10.9 Å². The van der Waals surface area contributed by atoms with Crippen LogP contribution in [-0.2, 0) is 6.54 Å². The van der Waals surface area contributed by atoms with E-state index in [0.29, 0.717) is 12.1 Å². The summed E-state index contributed by atoms with van der Waals surface area (Å²) in [6.45, 7) is 0.451. The quantitative estimate of drug-likeness (QED) is 0.754. The van der Waals surface area contributed by atoms with Crippen LogP contribution in [0.15, 0.2) is 79.1 Å². The van der Waals surface area contributed by atoms with Crippen LogP contribution in [0.2, 0.25) is 0 Å². The van der Waals surface area contributed by atoms with E-state index in [1.54, 1.807) is 12.4 Å². The van der Waals surface area contributed by atoms with E-state index in [-0.39, 0.29) is 5.91 Å². The molecule has 1 heterocycles. The molecule has 2 aromatic carbocycles. The Morgan fingerprint density at radius 2 is 1.70 bits per heavy atom. The number of pyridine rings is 1. The first-order valence-corrected chi connectivity index (χ1v) is 7.41. The molecule has 4 nitrogen and oxygen atoms in total. The van der Waals surface area contributed by atoms with Crippen molar-refractivity contribution in [3.8, 4) is 0 Å².